The summed E-state index contributed by atoms with van der Waals surface area (Å²) < 4.78 is 5.24. The number of ether oxygens (including phenoxy) is 1. The van der Waals surface area contributed by atoms with Gasteiger partial charge in [0.05, 0.1) is 12.2 Å². The van der Waals surface area contributed by atoms with E-state index in [0.29, 0.717) is 12.2 Å². The fourth-order valence-electron chi connectivity index (χ4n) is 1.77. The number of hydrogen-bond donors (Lipinski definition) is 0. The Morgan fingerprint density at radius 1 is 1.06 bits per heavy atom. The molecule has 88 valence electrons. The zero-order valence-corrected chi connectivity index (χ0v) is 9.76. The van der Waals surface area contributed by atoms with E-state index >= 15 is 0 Å². The molecule has 0 amide bonds. The zero-order chi connectivity index (χ0) is 11.9. The van der Waals surface area contributed by atoms with Crippen molar-refractivity contribution in [3.05, 3.63) is 53.6 Å². The highest BCUT2D eigenvalue weighted by molar-refractivity contribution is 5.93. The average Bonchev–Trinajstić information content (AvgIpc) is 2.35. The van der Waals surface area contributed by atoms with Crippen LogP contribution in [0.5, 0.6) is 0 Å². The van der Waals surface area contributed by atoms with Gasteiger partial charge in [0.1, 0.15) is 0 Å². The fraction of sp³-hybridized carbons (Fsp3) is 0.267. The van der Waals surface area contributed by atoms with E-state index in [0.717, 1.165) is 24.8 Å². The number of benzene rings is 1. The van der Waals surface area contributed by atoms with Crippen LogP contribution in [0, 0.1) is 0 Å². The summed E-state index contributed by atoms with van der Waals surface area (Å²) >= 11 is 0. The number of carbonyl (C=O) groups excluding carboxylic acids is 1. The van der Waals surface area contributed by atoms with Crippen molar-refractivity contribution in [1.82, 2.24) is 0 Å². The predicted molar refractivity (Wildman–Crippen MR) is 68.7 cm³/mol. The molecule has 0 radical (unpaired) electrons. The monoisotopic (exact) mass is 228 g/mol. The van der Waals surface area contributed by atoms with Crippen LogP contribution in [-0.2, 0) is 4.74 Å². The summed E-state index contributed by atoms with van der Waals surface area (Å²) in [7, 11) is 0. The quantitative estimate of drug-likeness (QED) is 0.634. The van der Waals surface area contributed by atoms with Crippen molar-refractivity contribution in [2.45, 2.75) is 19.3 Å². The summed E-state index contributed by atoms with van der Waals surface area (Å²) in [5.74, 6) is -0.227. The Hall–Kier alpha value is -1.83. The van der Waals surface area contributed by atoms with E-state index in [2.05, 4.69) is 6.08 Å². The lowest BCUT2D eigenvalue weighted by molar-refractivity contribution is 0.0498. The molecule has 0 bridgehead atoms. The first kappa shape index (κ1) is 11.6. The smallest absolute Gasteiger partial charge is 0.338 e. The van der Waals surface area contributed by atoms with Gasteiger partial charge >= 0.3 is 5.97 Å². The van der Waals surface area contributed by atoms with E-state index in [9.17, 15) is 4.79 Å². The number of carbonyl (C=O) groups is 1. The molecular formula is C15H16O2. The van der Waals surface area contributed by atoms with Crippen LogP contribution in [0.15, 0.2) is 42.5 Å². The zero-order valence-electron chi connectivity index (χ0n) is 9.76. The molecule has 1 aromatic rings. The maximum Gasteiger partial charge on any atom is 0.338 e. The molecule has 17 heavy (non-hydrogen) atoms. The molecule has 1 heterocycles. The van der Waals surface area contributed by atoms with E-state index in [1.807, 2.05) is 36.4 Å². The molecule has 0 fully saturated rings. The van der Waals surface area contributed by atoms with Crippen LogP contribution in [0.25, 0.3) is 6.08 Å². The summed E-state index contributed by atoms with van der Waals surface area (Å²) in [6.45, 7) is 0.505. The molecule has 0 N–H and O–H groups in total. The Bertz CT molecular complexity index is 444. The molecular weight excluding hydrogens is 212 g/mol. The third-order valence-electron chi connectivity index (χ3n) is 2.70. The second-order valence-electron chi connectivity index (χ2n) is 4.01. The molecule has 0 saturated carbocycles. The van der Waals surface area contributed by atoms with Crippen molar-refractivity contribution in [3.8, 4) is 0 Å². The van der Waals surface area contributed by atoms with Crippen LogP contribution in [0.3, 0.4) is 0 Å². The third kappa shape index (κ3) is 3.31. The van der Waals surface area contributed by atoms with Gasteiger partial charge in [-0.15, -0.1) is 0 Å². The Kier molecular flexibility index (Phi) is 4.14. The van der Waals surface area contributed by atoms with Crippen LogP contribution in [0.4, 0.5) is 0 Å². The van der Waals surface area contributed by atoms with Crippen LogP contribution in [-0.4, -0.2) is 12.6 Å². The maximum absolute atomic E-state index is 11.8. The predicted octanol–water partition coefficient (Wildman–Crippen LogP) is 3.60. The summed E-state index contributed by atoms with van der Waals surface area (Å²) in [5, 5.41) is 0. The highest BCUT2D eigenvalue weighted by atomic mass is 16.5. The van der Waals surface area contributed by atoms with E-state index in [1.165, 1.54) is 0 Å². The molecule has 0 atom stereocenters. The molecule has 2 nitrogen and oxygen atoms in total. The Morgan fingerprint density at radius 2 is 1.94 bits per heavy atom. The van der Waals surface area contributed by atoms with Gasteiger partial charge in [-0.25, -0.2) is 4.79 Å². The standard InChI is InChI=1S/C15H16O2/c16-15-14-11-7-6-10-13(14)9-5-3-1-2-4-8-12-17-15/h1,3,5-7,9-11H,2,4,8,12H2/b3-1-,9-5+. The third-order valence-corrected chi connectivity index (χ3v) is 2.70. The molecule has 0 aromatic heterocycles. The summed E-state index contributed by atoms with van der Waals surface area (Å²) in [4.78, 5) is 11.8. The van der Waals surface area contributed by atoms with E-state index in [1.54, 1.807) is 6.07 Å². The second kappa shape index (κ2) is 6.04. The molecule has 2 heteroatoms. The topological polar surface area (TPSA) is 26.3 Å². The van der Waals surface area contributed by atoms with E-state index in [-0.39, 0.29) is 5.97 Å². The minimum Gasteiger partial charge on any atom is -0.462 e. The lowest BCUT2D eigenvalue weighted by atomic mass is 10.1. The second-order valence-corrected chi connectivity index (χ2v) is 4.01. The van der Waals surface area contributed by atoms with Crippen molar-refractivity contribution in [3.63, 3.8) is 0 Å². The number of esters is 1. The molecule has 1 aromatic carbocycles. The van der Waals surface area contributed by atoms with Crippen molar-refractivity contribution >= 4 is 12.0 Å². The van der Waals surface area contributed by atoms with Crippen LogP contribution >= 0.6 is 0 Å². The molecule has 0 aliphatic carbocycles. The van der Waals surface area contributed by atoms with E-state index in [4.69, 9.17) is 4.74 Å². The number of rotatable bonds is 0. The Morgan fingerprint density at radius 3 is 2.88 bits per heavy atom. The van der Waals surface area contributed by atoms with E-state index < -0.39 is 0 Å². The van der Waals surface area contributed by atoms with Gasteiger partial charge in [-0.1, -0.05) is 42.5 Å². The molecule has 0 unspecified atom stereocenters. The Balaban J connectivity index is 2.29. The highest BCUT2D eigenvalue weighted by Gasteiger charge is 2.10. The highest BCUT2D eigenvalue weighted by Crippen LogP contribution is 2.13. The minimum absolute atomic E-state index is 0.227. The van der Waals surface area contributed by atoms with Crippen molar-refractivity contribution in [1.29, 1.82) is 0 Å². The number of allylic oxidation sites excluding steroid dienone is 3. The van der Waals surface area contributed by atoms with Gasteiger partial charge in [-0.2, -0.15) is 0 Å². The van der Waals surface area contributed by atoms with Gasteiger partial charge in [0.25, 0.3) is 0 Å². The van der Waals surface area contributed by atoms with Crippen LogP contribution in [0.1, 0.15) is 35.2 Å². The minimum atomic E-state index is -0.227. The van der Waals surface area contributed by atoms with Gasteiger partial charge in [0.2, 0.25) is 0 Å². The lowest BCUT2D eigenvalue weighted by Gasteiger charge is -2.07. The van der Waals surface area contributed by atoms with Gasteiger partial charge in [-0.05, 0) is 30.9 Å². The first-order chi connectivity index (χ1) is 8.38. The first-order valence-corrected chi connectivity index (χ1v) is 5.97. The summed E-state index contributed by atoms with van der Waals surface area (Å²) in [6.07, 6.45) is 11.1. The first-order valence-electron chi connectivity index (χ1n) is 5.97. The lowest BCUT2D eigenvalue weighted by Crippen LogP contribution is -2.08. The summed E-state index contributed by atoms with van der Waals surface area (Å²) in [6, 6.07) is 7.51. The van der Waals surface area contributed by atoms with Gasteiger partial charge in [-0.3, -0.25) is 0 Å². The molecule has 1 aliphatic heterocycles. The van der Waals surface area contributed by atoms with Gasteiger partial charge in [0.15, 0.2) is 0 Å². The summed E-state index contributed by atoms with van der Waals surface area (Å²) in [5.41, 5.74) is 1.54. The largest absolute Gasteiger partial charge is 0.462 e. The number of cyclic esters (lactones) is 1. The van der Waals surface area contributed by atoms with Gasteiger partial charge in [0, 0.05) is 0 Å². The van der Waals surface area contributed by atoms with Crippen LogP contribution < -0.4 is 0 Å². The van der Waals surface area contributed by atoms with Gasteiger partial charge < -0.3 is 4.74 Å². The number of hydrogen-bond acceptors (Lipinski definition) is 2. The molecule has 0 saturated heterocycles. The van der Waals surface area contributed by atoms with Crippen molar-refractivity contribution in [2.75, 3.05) is 6.61 Å². The number of fused-ring (bicyclic) bond motifs is 1. The molecule has 2 rings (SSSR count). The Labute approximate surface area is 102 Å². The maximum atomic E-state index is 11.8. The SMILES string of the molecule is O=C1OCCCC/C=C\C=C\c2ccccc21. The molecule has 0 spiro atoms. The van der Waals surface area contributed by atoms with Crippen molar-refractivity contribution < 1.29 is 9.53 Å². The van der Waals surface area contributed by atoms with Crippen LogP contribution in [0.2, 0.25) is 0 Å². The normalized spacial score (nSPS) is 20.4. The molecule has 1 aliphatic rings. The van der Waals surface area contributed by atoms with Crippen molar-refractivity contribution in [2.24, 2.45) is 0 Å². The fourth-order valence-corrected chi connectivity index (χ4v) is 1.77. The average molecular weight is 228 g/mol.